The molecule has 0 rings (SSSR count). The van der Waals surface area contributed by atoms with E-state index in [1.165, 1.54) is 0 Å². The van der Waals surface area contributed by atoms with Crippen LogP contribution in [0.3, 0.4) is 0 Å². The van der Waals surface area contributed by atoms with Gasteiger partial charge in [-0.15, -0.1) is 0 Å². The molecule has 0 aliphatic heterocycles. The Morgan fingerprint density at radius 3 is 0.900 bits per heavy atom. The molecule has 10 heavy (non-hydrogen) atoms. The standard InChI is InChI=1S/C6H16N2.ClH.Cu/c1-5(2,7)6(3,4)8;;/h7-8H2,1-4H3;1H;/q;;+1/p-1. The minimum Gasteiger partial charge on any atom is -1.00 e. The number of hydrogen-bond donors (Lipinski definition) is 2. The van der Waals surface area contributed by atoms with Crippen LogP contribution in [0.5, 0.6) is 0 Å². The molecular weight excluding hydrogens is 199 g/mol. The van der Waals surface area contributed by atoms with Crippen molar-refractivity contribution in [2.45, 2.75) is 38.8 Å². The molecule has 0 aromatic heterocycles. The van der Waals surface area contributed by atoms with Gasteiger partial charge < -0.3 is 23.9 Å². The largest absolute Gasteiger partial charge is 1.00 e. The van der Waals surface area contributed by atoms with E-state index in [4.69, 9.17) is 11.5 Å². The van der Waals surface area contributed by atoms with Crippen molar-refractivity contribution in [3.63, 3.8) is 0 Å². The number of rotatable bonds is 1. The first-order valence-corrected chi connectivity index (χ1v) is 2.83. The summed E-state index contributed by atoms with van der Waals surface area (Å²) in [5.74, 6) is 0. The molecule has 0 atom stereocenters. The van der Waals surface area contributed by atoms with Crippen molar-refractivity contribution in [2.24, 2.45) is 11.5 Å². The van der Waals surface area contributed by atoms with Gasteiger partial charge in [-0.3, -0.25) is 0 Å². The molecule has 0 radical (unpaired) electrons. The summed E-state index contributed by atoms with van der Waals surface area (Å²) in [4.78, 5) is 0. The maximum atomic E-state index is 5.69. The average molecular weight is 215 g/mol. The molecule has 0 spiro atoms. The molecule has 0 heterocycles. The van der Waals surface area contributed by atoms with Gasteiger partial charge in [0.05, 0.1) is 0 Å². The fraction of sp³-hybridized carbons (Fsp3) is 1.00. The molecule has 68 valence electrons. The van der Waals surface area contributed by atoms with Gasteiger partial charge in [0.1, 0.15) is 0 Å². The van der Waals surface area contributed by atoms with E-state index >= 15 is 0 Å². The van der Waals surface area contributed by atoms with Crippen molar-refractivity contribution in [2.75, 3.05) is 0 Å². The SMILES string of the molecule is CC(C)(N)C(C)(C)N.[Cl-].[Cu+]. The maximum Gasteiger partial charge on any atom is 1.00 e. The minimum absolute atomic E-state index is 0. The topological polar surface area (TPSA) is 52.0 Å². The first-order chi connectivity index (χ1) is 3.25. The summed E-state index contributed by atoms with van der Waals surface area (Å²) in [6.07, 6.45) is 0. The summed E-state index contributed by atoms with van der Waals surface area (Å²) >= 11 is 0. The Morgan fingerprint density at radius 2 is 0.900 bits per heavy atom. The fourth-order valence-electron chi connectivity index (χ4n) is 0. The molecule has 0 saturated heterocycles. The van der Waals surface area contributed by atoms with Crippen LogP contribution in [0, 0.1) is 0 Å². The van der Waals surface area contributed by atoms with Crippen LogP contribution in [0.4, 0.5) is 0 Å². The molecule has 0 bridgehead atoms. The molecule has 0 amide bonds. The van der Waals surface area contributed by atoms with Gasteiger partial charge in [0.25, 0.3) is 0 Å². The second-order valence-corrected chi connectivity index (χ2v) is 3.44. The van der Waals surface area contributed by atoms with E-state index < -0.39 is 0 Å². The van der Waals surface area contributed by atoms with E-state index in [0.29, 0.717) is 0 Å². The third-order valence-electron chi connectivity index (χ3n) is 1.66. The van der Waals surface area contributed by atoms with Crippen LogP contribution < -0.4 is 23.9 Å². The van der Waals surface area contributed by atoms with Crippen LogP contribution in [0.2, 0.25) is 0 Å². The van der Waals surface area contributed by atoms with Crippen LogP contribution in [-0.4, -0.2) is 11.1 Å². The van der Waals surface area contributed by atoms with Crippen molar-refractivity contribution >= 4 is 0 Å². The van der Waals surface area contributed by atoms with Gasteiger partial charge in [0.15, 0.2) is 0 Å². The van der Waals surface area contributed by atoms with Crippen molar-refractivity contribution in [3.8, 4) is 0 Å². The summed E-state index contributed by atoms with van der Waals surface area (Å²) in [5.41, 5.74) is 10.8. The predicted molar refractivity (Wildman–Crippen MR) is 36.5 cm³/mol. The average Bonchev–Trinajstić information content (AvgIpc) is 1.25. The quantitative estimate of drug-likeness (QED) is 0.474. The van der Waals surface area contributed by atoms with Gasteiger partial charge in [0.2, 0.25) is 0 Å². The van der Waals surface area contributed by atoms with Crippen LogP contribution in [0.25, 0.3) is 0 Å². The maximum absolute atomic E-state index is 5.69. The van der Waals surface area contributed by atoms with Crippen molar-refractivity contribution in [3.05, 3.63) is 0 Å². The molecule has 4 N–H and O–H groups in total. The first-order valence-electron chi connectivity index (χ1n) is 2.83. The molecule has 4 heteroatoms. The van der Waals surface area contributed by atoms with E-state index in [2.05, 4.69) is 0 Å². The third kappa shape index (κ3) is 5.51. The monoisotopic (exact) mass is 214 g/mol. The Hall–Kier alpha value is 0.729. The number of nitrogens with two attached hydrogens (primary N) is 2. The Kier molecular flexibility index (Phi) is 7.78. The Labute approximate surface area is 80.0 Å². The summed E-state index contributed by atoms with van der Waals surface area (Å²) in [6, 6.07) is 0. The van der Waals surface area contributed by atoms with E-state index in [1.54, 1.807) is 0 Å². The van der Waals surface area contributed by atoms with Crippen molar-refractivity contribution in [1.29, 1.82) is 0 Å². The van der Waals surface area contributed by atoms with Gasteiger partial charge in [-0.05, 0) is 27.7 Å². The van der Waals surface area contributed by atoms with Crippen molar-refractivity contribution < 1.29 is 29.5 Å². The number of hydrogen-bond acceptors (Lipinski definition) is 2. The zero-order valence-electron chi connectivity index (χ0n) is 6.83. The molecule has 0 fully saturated rings. The van der Waals surface area contributed by atoms with E-state index in [0.717, 1.165) is 0 Å². The summed E-state index contributed by atoms with van der Waals surface area (Å²) in [6.45, 7) is 7.69. The normalized spacial score (nSPS) is 11.4. The summed E-state index contributed by atoms with van der Waals surface area (Å²) in [5, 5.41) is 0. The molecule has 0 aliphatic rings. The zero-order valence-corrected chi connectivity index (χ0v) is 8.53. The fourth-order valence-corrected chi connectivity index (χ4v) is 0. The molecular formula is C6H16ClCuN2. The zero-order chi connectivity index (χ0) is 7.00. The van der Waals surface area contributed by atoms with Crippen LogP contribution >= 0.6 is 0 Å². The minimum atomic E-state index is -0.285. The van der Waals surface area contributed by atoms with Gasteiger partial charge in [-0.1, -0.05) is 0 Å². The molecule has 0 aromatic rings. The van der Waals surface area contributed by atoms with Crippen LogP contribution in [-0.2, 0) is 17.1 Å². The van der Waals surface area contributed by atoms with E-state index in [9.17, 15) is 0 Å². The summed E-state index contributed by atoms with van der Waals surface area (Å²) in [7, 11) is 0. The van der Waals surface area contributed by atoms with Gasteiger partial charge in [-0.25, -0.2) is 0 Å². The van der Waals surface area contributed by atoms with Crippen LogP contribution in [0.1, 0.15) is 27.7 Å². The molecule has 0 aromatic carbocycles. The molecule has 0 aliphatic carbocycles. The molecule has 0 saturated carbocycles. The third-order valence-corrected chi connectivity index (χ3v) is 1.66. The predicted octanol–water partition coefficient (Wildman–Crippen LogP) is -2.54. The Balaban J connectivity index is -0.000000245. The molecule has 2 nitrogen and oxygen atoms in total. The second kappa shape index (κ2) is 4.58. The van der Waals surface area contributed by atoms with Gasteiger partial charge >= 0.3 is 17.1 Å². The Morgan fingerprint density at radius 1 is 0.800 bits per heavy atom. The first kappa shape index (κ1) is 17.0. The van der Waals surface area contributed by atoms with E-state index in [-0.39, 0.29) is 40.6 Å². The summed E-state index contributed by atoms with van der Waals surface area (Å²) < 4.78 is 0. The smallest absolute Gasteiger partial charge is 1.00 e. The van der Waals surface area contributed by atoms with Crippen LogP contribution in [0.15, 0.2) is 0 Å². The van der Waals surface area contributed by atoms with Gasteiger partial charge in [0, 0.05) is 11.1 Å². The Bertz CT molecular complexity index is 70.7. The second-order valence-electron chi connectivity index (χ2n) is 3.44. The molecule has 0 unspecified atom stereocenters. The van der Waals surface area contributed by atoms with Crippen molar-refractivity contribution in [1.82, 2.24) is 0 Å². The van der Waals surface area contributed by atoms with E-state index in [1.807, 2.05) is 27.7 Å². The number of halogens is 1. The van der Waals surface area contributed by atoms with Gasteiger partial charge in [-0.2, -0.15) is 0 Å².